The molecule has 1 aromatic heterocycles. The average Bonchev–Trinajstić information content (AvgIpc) is 2.95. The van der Waals surface area contributed by atoms with E-state index in [1.807, 2.05) is 63.4 Å². The number of benzene rings is 1. The van der Waals surface area contributed by atoms with Crippen LogP contribution in [0.15, 0.2) is 40.2 Å². The van der Waals surface area contributed by atoms with Crippen LogP contribution in [0, 0.1) is 0 Å². The molecule has 0 radical (unpaired) electrons. The highest BCUT2D eigenvalue weighted by atomic mass is 79.9. The number of aldehydes is 1. The Hall–Kier alpha value is -0.820. The molecule has 1 heterocycles. The van der Waals surface area contributed by atoms with E-state index in [0.717, 1.165) is 21.9 Å². The van der Waals surface area contributed by atoms with Crippen LogP contribution in [0.1, 0.15) is 48.5 Å². The van der Waals surface area contributed by atoms with Crippen LogP contribution in [0.25, 0.3) is 0 Å². The van der Waals surface area contributed by atoms with Gasteiger partial charge in [0.25, 0.3) is 0 Å². The summed E-state index contributed by atoms with van der Waals surface area (Å²) < 4.78 is 16.5. The van der Waals surface area contributed by atoms with Gasteiger partial charge in [0.05, 0.1) is 26.1 Å². The van der Waals surface area contributed by atoms with Crippen LogP contribution < -0.4 is 4.72 Å². The Balaban J connectivity index is 2.54. The summed E-state index contributed by atoms with van der Waals surface area (Å²) in [5.74, 6) is 0. The molecular formula is C17H20BrNO2S2. The topological polar surface area (TPSA) is 46.2 Å². The SMILES string of the molecule is CC(C)(C)[S@@](=O)N[C@@](C)(c1cccc(Br)c1)c1csc(C=O)c1. The van der Waals surface area contributed by atoms with Gasteiger partial charge in [0, 0.05) is 4.47 Å². The maximum atomic E-state index is 12.7. The van der Waals surface area contributed by atoms with E-state index in [4.69, 9.17) is 0 Å². The summed E-state index contributed by atoms with van der Waals surface area (Å²) in [4.78, 5) is 11.7. The zero-order valence-electron chi connectivity index (χ0n) is 13.6. The molecule has 0 unspecified atom stereocenters. The van der Waals surface area contributed by atoms with Crippen LogP contribution in [-0.4, -0.2) is 15.2 Å². The van der Waals surface area contributed by atoms with E-state index in [1.54, 1.807) is 0 Å². The molecule has 23 heavy (non-hydrogen) atoms. The molecule has 2 atom stereocenters. The minimum absolute atomic E-state index is 0.392. The fourth-order valence-electron chi connectivity index (χ4n) is 2.10. The van der Waals surface area contributed by atoms with Gasteiger partial charge >= 0.3 is 0 Å². The van der Waals surface area contributed by atoms with Crippen molar-refractivity contribution in [1.82, 2.24) is 4.72 Å². The first-order valence-corrected chi connectivity index (χ1v) is 9.99. The number of hydrogen-bond donors (Lipinski definition) is 1. The fourth-order valence-corrected chi connectivity index (χ4v) is 4.23. The normalized spacial score (nSPS) is 15.9. The minimum atomic E-state index is -1.26. The highest BCUT2D eigenvalue weighted by molar-refractivity contribution is 9.10. The van der Waals surface area contributed by atoms with Gasteiger partial charge in [0.15, 0.2) is 6.29 Å². The Morgan fingerprint density at radius 2 is 1.87 bits per heavy atom. The first kappa shape index (κ1) is 18.5. The number of nitrogens with one attached hydrogen (secondary N) is 1. The van der Waals surface area contributed by atoms with E-state index >= 15 is 0 Å². The molecule has 0 aliphatic rings. The zero-order valence-corrected chi connectivity index (χ0v) is 16.8. The zero-order chi connectivity index (χ0) is 17.3. The third-order valence-electron chi connectivity index (χ3n) is 3.57. The highest BCUT2D eigenvalue weighted by Crippen LogP contribution is 2.34. The summed E-state index contributed by atoms with van der Waals surface area (Å²) in [5.41, 5.74) is 1.26. The lowest BCUT2D eigenvalue weighted by Gasteiger charge is -2.33. The van der Waals surface area contributed by atoms with Gasteiger partial charge in [0.2, 0.25) is 0 Å². The molecule has 0 fully saturated rings. The summed E-state index contributed by atoms with van der Waals surface area (Å²) in [6.45, 7) is 7.79. The second-order valence-electron chi connectivity index (χ2n) is 6.47. The van der Waals surface area contributed by atoms with Crippen molar-refractivity contribution >= 4 is 44.5 Å². The van der Waals surface area contributed by atoms with Crippen molar-refractivity contribution in [3.8, 4) is 0 Å². The summed E-state index contributed by atoms with van der Waals surface area (Å²) in [6, 6.07) is 9.76. The Labute approximate surface area is 152 Å². The number of hydrogen-bond acceptors (Lipinski definition) is 3. The Morgan fingerprint density at radius 3 is 2.39 bits per heavy atom. The summed E-state index contributed by atoms with van der Waals surface area (Å²) in [7, 11) is -1.26. The lowest BCUT2D eigenvalue weighted by atomic mass is 9.87. The summed E-state index contributed by atoms with van der Waals surface area (Å²) in [6.07, 6.45) is 0.843. The highest BCUT2D eigenvalue weighted by Gasteiger charge is 2.35. The number of carbonyl (C=O) groups excluding carboxylic acids is 1. The largest absolute Gasteiger partial charge is 0.297 e. The third-order valence-corrected chi connectivity index (χ3v) is 6.63. The predicted molar refractivity (Wildman–Crippen MR) is 101 cm³/mol. The first-order valence-electron chi connectivity index (χ1n) is 7.17. The van der Waals surface area contributed by atoms with Crippen molar-refractivity contribution in [3.63, 3.8) is 0 Å². The van der Waals surface area contributed by atoms with E-state index in [2.05, 4.69) is 20.7 Å². The van der Waals surface area contributed by atoms with Crippen LogP contribution in [0.4, 0.5) is 0 Å². The lowest BCUT2D eigenvalue weighted by molar-refractivity contribution is 0.112. The molecule has 0 saturated heterocycles. The Bertz CT molecular complexity index is 736. The van der Waals surface area contributed by atoms with Crippen LogP contribution in [0.3, 0.4) is 0 Å². The molecule has 0 aliphatic carbocycles. The molecule has 2 aromatic rings. The van der Waals surface area contributed by atoms with Crippen molar-refractivity contribution < 1.29 is 9.00 Å². The van der Waals surface area contributed by atoms with E-state index in [-0.39, 0.29) is 0 Å². The van der Waals surface area contributed by atoms with E-state index in [0.29, 0.717) is 4.88 Å². The quantitative estimate of drug-likeness (QED) is 0.725. The average molecular weight is 414 g/mol. The fraction of sp³-hybridized carbons (Fsp3) is 0.353. The summed E-state index contributed by atoms with van der Waals surface area (Å²) in [5, 5.41) is 1.94. The number of carbonyl (C=O) groups is 1. The van der Waals surface area contributed by atoms with Gasteiger partial charge < -0.3 is 0 Å². The minimum Gasteiger partial charge on any atom is -0.297 e. The number of thiophene rings is 1. The van der Waals surface area contributed by atoms with Crippen LogP contribution in [0.2, 0.25) is 0 Å². The summed E-state index contributed by atoms with van der Waals surface area (Å²) >= 11 is 4.89. The smallest absolute Gasteiger partial charge is 0.160 e. The predicted octanol–water partition coefficient (Wildman–Crippen LogP) is 4.64. The van der Waals surface area contributed by atoms with Crippen LogP contribution in [0.5, 0.6) is 0 Å². The standard InChI is InChI=1S/C17H20BrNO2S2/c1-16(2,3)23(21)19-17(4,12-6-5-7-14(18)8-12)13-9-15(10-20)22-11-13/h5-11,19H,1-4H3/t17-,23+/m0/s1. The number of halogens is 1. The van der Waals surface area contributed by atoms with Gasteiger partial charge in [-0.05, 0) is 62.4 Å². The second-order valence-corrected chi connectivity index (χ2v) is 10.3. The van der Waals surface area contributed by atoms with Gasteiger partial charge in [0.1, 0.15) is 0 Å². The molecule has 1 N–H and O–H groups in total. The van der Waals surface area contributed by atoms with Gasteiger partial charge in [-0.1, -0.05) is 28.1 Å². The molecule has 0 saturated carbocycles. The van der Waals surface area contributed by atoms with Gasteiger partial charge in [-0.2, -0.15) is 0 Å². The van der Waals surface area contributed by atoms with E-state index in [1.165, 1.54) is 11.3 Å². The van der Waals surface area contributed by atoms with Crippen molar-refractivity contribution in [1.29, 1.82) is 0 Å². The Morgan fingerprint density at radius 1 is 1.17 bits per heavy atom. The first-order chi connectivity index (χ1) is 10.7. The van der Waals surface area contributed by atoms with Gasteiger partial charge in [-0.25, -0.2) is 8.93 Å². The third kappa shape index (κ3) is 4.18. The van der Waals surface area contributed by atoms with Crippen molar-refractivity contribution in [2.24, 2.45) is 0 Å². The molecule has 1 aromatic carbocycles. The molecule has 0 amide bonds. The maximum Gasteiger partial charge on any atom is 0.160 e. The molecule has 124 valence electrons. The van der Waals surface area contributed by atoms with Crippen LogP contribution in [-0.2, 0) is 16.5 Å². The van der Waals surface area contributed by atoms with E-state index in [9.17, 15) is 9.00 Å². The number of rotatable bonds is 5. The Kier molecular flexibility index (Phi) is 5.61. The van der Waals surface area contributed by atoms with Crippen molar-refractivity contribution in [2.75, 3.05) is 0 Å². The van der Waals surface area contributed by atoms with E-state index < -0.39 is 21.3 Å². The van der Waals surface area contributed by atoms with Crippen molar-refractivity contribution in [3.05, 3.63) is 56.2 Å². The molecule has 3 nitrogen and oxygen atoms in total. The lowest BCUT2D eigenvalue weighted by Crippen LogP contribution is -2.46. The molecule has 6 heteroatoms. The van der Waals surface area contributed by atoms with Gasteiger partial charge in [-0.3, -0.25) is 4.79 Å². The molecule has 0 bridgehead atoms. The molecule has 0 spiro atoms. The van der Waals surface area contributed by atoms with Crippen molar-refractivity contribution in [2.45, 2.75) is 38.0 Å². The van der Waals surface area contributed by atoms with Crippen LogP contribution >= 0.6 is 27.3 Å². The monoisotopic (exact) mass is 413 g/mol. The van der Waals surface area contributed by atoms with Gasteiger partial charge in [-0.15, -0.1) is 11.3 Å². The molecule has 2 rings (SSSR count). The second kappa shape index (κ2) is 6.97. The molecule has 0 aliphatic heterocycles. The maximum absolute atomic E-state index is 12.7. The molecular weight excluding hydrogens is 394 g/mol.